The fraction of sp³-hybridized carbons (Fsp3) is 1.00. The predicted molar refractivity (Wildman–Crippen MR) is 134 cm³/mol. The summed E-state index contributed by atoms with van der Waals surface area (Å²) in [6.07, 6.45) is 18.4. The average Bonchev–Trinajstić information content (AvgIpc) is 3.09. The van der Waals surface area contributed by atoms with E-state index in [0.717, 1.165) is 29.6 Å². The van der Waals surface area contributed by atoms with E-state index in [2.05, 4.69) is 38.7 Å². The summed E-state index contributed by atoms with van der Waals surface area (Å²) in [5, 5.41) is 2.42. The molecule has 0 radical (unpaired) electrons. The number of quaternary nitrogens is 2. The lowest BCUT2D eigenvalue weighted by molar-refractivity contribution is -0.703. The summed E-state index contributed by atoms with van der Waals surface area (Å²) >= 11 is 0. The lowest BCUT2D eigenvalue weighted by atomic mass is 9.54. The van der Waals surface area contributed by atoms with Gasteiger partial charge in [-0.1, -0.05) is 13.8 Å². The fourth-order valence-corrected chi connectivity index (χ4v) is 10.0. The summed E-state index contributed by atoms with van der Waals surface area (Å²) in [4.78, 5) is 0. The van der Waals surface area contributed by atoms with Crippen LogP contribution in [0, 0.1) is 40.9 Å². The maximum absolute atomic E-state index is 7.15. The molecule has 9 atom stereocenters. The van der Waals surface area contributed by atoms with Gasteiger partial charge in [-0.2, -0.15) is 0 Å². The Labute approximate surface area is 203 Å². The Bertz CT molecular complexity index is 686. The fourth-order valence-electron chi connectivity index (χ4n) is 10.0. The first-order chi connectivity index (χ1) is 15.6. The number of nitrogens with two attached hydrogens (primary N) is 2. The molecule has 2 bridgehead atoms. The Hall–Kier alpha value is -0.160. The van der Waals surface area contributed by atoms with Crippen LogP contribution >= 0.6 is 0 Å². The highest BCUT2D eigenvalue weighted by Crippen LogP contribution is 2.62. The van der Waals surface area contributed by atoms with Gasteiger partial charge < -0.3 is 15.8 Å². The van der Waals surface area contributed by atoms with Crippen molar-refractivity contribution in [1.82, 2.24) is 0 Å². The van der Waals surface area contributed by atoms with E-state index < -0.39 is 0 Å². The highest BCUT2D eigenvalue weighted by atomic mass is 16.5. The number of fused-ring (bicyclic) bond motifs is 3. The second-order valence-corrected chi connectivity index (χ2v) is 14.6. The first-order valence-corrected chi connectivity index (χ1v) is 14.7. The van der Waals surface area contributed by atoms with E-state index >= 15 is 0 Å². The maximum Gasteiger partial charge on any atom is 0.137 e. The second-order valence-electron chi connectivity index (χ2n) is 14.6. The van der Waals surface area contributed by atoms with Crippen molar-refractivity contribution in [2.45, 2.75) is 135 Å². The van der Waals surface area contributed by atoms with Crippen molar-refractivity contribution in [3.63, 3.8) is 0 Å². The van der Waals surface area contributed by atoms with Gasteiger partial charge in [-0.05, 0) is 114 Å². The first-order valence-electron chi connectivity index (χ1n) is 14.7. The molecule has 3 heterocycles. The molecular formula is C29H55N3O+2. The van der Waals surface area contributed by atoms with E-state index in [1.807, 2.05) is 0 Å². The summed E-state index contributed by atoms with van der Waals surface area (Å²) in [5.74, 6) is 4.95. The molecule has 1 spiro atoms. The minimum Gasteiger partial charge on any atom is -0.368 e. The topological polar surface area (TPSA) is 79.5 Å². The molecule has 4 nitrogen and oxygen atoms in total. The van der Waals surface area contributed by atoms with Crippen molar-refractivity contribution in [3.05, 3.63) is 0 Å². The van der Waals surface area contributed by atoms with Crippen LogP contribution in [0.15, 0.2) is 0 Å². The van der Waals surface area contributed by atoms with Crippen molar-refractivity contribution in [1.29, 1.82) is 0 Å². The molecule has 0 amide bonds. The summed E-state index contributed by atoms with van der Waals surface area (Å²) in [6.45, 7) is 10.8. The molecule has 33 heavy (non-hydrogen) atoms. The predicted octanol–water partition coefficient (Wildman–Crippen LogP) is 3.84. The van der Waals surface area contributed by atoms with Crippen LogP contribution in [0.1, 0.15) is 111 Å². The van der Waals surface area contributed by atoms with Gasteiger partial charge in [0.1, 0.15) is 6.17 Å². The van der Waals surface area contributed by atoms with E-state index in [9.17, 15) is 0 Å². The van der Waals surface area contributed by atoms with Gasteiger partial charge in [0.2, 0.25) is 0 Å². The van der Waals surface area contributed by atoms with Crippen molar-refractivity contribution in [2.75, 3.05) is 6.54 Å². The lowest BCUT2D eigenvalue weighted by Crippen LogP contribution is -2.95. The lowest BCUT2D eigenvalue weighted by Gasteiger charge is -2.61. The zero-order valence-electron chi connectivity index (χ0n) is 22.3. The number of hydrogen-bond acceptors (Lipinski definition) is 2. The van der Waals surface area contributed by atoms with Crippen LogP contribution in [0.5, 0.6) is 0 Å². The van der Waals surface area contributed by atoms with E-state index in [1.165, 1.54) is 90.0 Å². The molecule has 7 N–H and O–H groups in total. The highest BCUT2D eigenvalue weighted by molar-refractivity contribution is 5.10. The van der Waals surface area contributed by atoms with Crippen molar-refractivity contribution in [2.24, 2.45) is 46.7 Å². The van der Waals surface area contributed by atoms with Gasteiger partial charge >= 0.3 is 0 Å². The standard InChI is InChI=1S/C29H53N3O/c1-19(2)11-20-7-9-28(14-20)15-22(12-21-5-6-26(31)32-18-21)13-23(16-28)29-10-8-24(25(30)17-29)27(3,4)33-29/h19-26,32H,5-18,30-31H2,1-4H3/p+2. The van der Waals surface area contributed by atoms with Crippen LogP contribution in [0.2, 0.25) is 0 Å². The quantitative estimate of drug-likeness (QED) is 0.581. The molecule has 3 saturated carbocycles. The van der Waals surface area contributed by atoms with Gasteiger partial charge in [-0.3, -0.25) is 5.73 Å². The van der Waals surface area contributed by atoms with Crippen LogP contribution in [0.4, 0.5) is 0 Å². The average molecular weight is 462 g/mol. The molecule has 6 rings (SSSR count). The summed E-state index contributed by atoms with van der Waals surface area (Å²) in [6, 6.07) is 0.575. The zero-order chi connectivity index (χ0) is 23.4. The van der Waals surface area contributed by atoms with Gasteiger partial charge in [0, 0.05) is 24.7 Å². The van der Waals surface area contributed by atoms with Gasteiger partial charge in [0.25, 0.3) is 0 Å². The third kappa shape index (κ3) is 4.93. The van der Waals surface area contributed by atoms with Crippen LogP contribution in [-0.2, 0) is 4.74 Å². The summed E-state index contributed by atoms with van der Waals surface area (Å²) < 4.78 is 7.15. The smallest absolute Gasteiger partial charge is 0.137 e. The van der Waals surface area contributed by atoms with Crippen LogP contribution in [0.25, 0.3) is 0 Å². The molecule has 0 aromatic heterocycles. The van der Waals surface area contributed by atoms with E-state index in [0.29, 0.717) is 23.5 Å². The first kappa shape index (κ1) is 24.5. The molecule has 6 aliphatic rings. The third-order valence-electron chi connectivity index (χ3n) is 11.1. The molecule has 3 saturated heterocycles. The number of piperidine rings is 1. The Morgan fingerprint density at radius 3 is 2.42 bits per heavy atom. The molecule has 9 unspecified atom stereocenters. The third-order valence-corrected chi connectivity index (χ3v) is 11.1. The minimum absolute atomic E-state index is 0.00729. The molecule has 190 valence electrons. The van der Waals surface area contributed by atoms with Crippen LogP contribution < -0.4 is 16.8 Å². The molecular weight excluding hydrogens is 406 g/mol. The molecule has 3 aliphatic heterocycles. The Balaban J connectivity index is 1.36. The monoisotopic (exact) mass is 461 g/mol. The van der Waals surface area contributed by atoms with Gasteiger partial charge in [0.15, 0.2) is 0 Å². The summed E-state index contributed by atoms with van der Waals surface area (Å²) in [5.41, 5.74) is 11.6. The Morgan fingerprint density at radius 2 is 1.76 bits per heavy atom. The maximum atomic E-state index is 7.15. The van der Waals surface area contributed by atoms with Crippen molar-refractivity contribution in [3.8, 4) is 0 Å². The molecule has 4 heteroatoms. The van der Waals surface area contributed by atoms with E-state index in [-0.39, 0.29) is 11.2 Å². The Morgan fingerprint density at radius 1 is 0.970 bits per heavy atom. The normalized spacial score (nSPS) is 49.7. The minimum atomic E-state index is 0.00729. The molecule has 0 aromatic carbocycles. The number of rotatable bonds is 5. The van der Waals surface area contributed by atoms with E-state index in [4.69, 9.17) is 10.5 Å². The van der Waals surface area contributed by atoms with Crippen LogP contribution in [-0.4, -0.2) is 30.0 Å². The molecule has 0 aromatic rings. The largest absolute Gasteiger partial charge is 0.368 e. The molecule has 6 fully saturated rings. The van der Waals surface area contributed by atoms with Crippen molar-refractivity contribution < 1.29 is 15.8 Å². The second kappa shape index (κ2) is 9.05. The zero-order valence-corrected chi connectivity index (χ0v) is 22.3. The Kier molecular flexibility index (Phi) is 6.73. The number of ether oxygens (including phenoxy) is 1. The van der Waals surface area contributed by atoms with E-state index in [1.54, 1.807) is 0 Å². The van der Waals surface area contributed by atoms with Crippen molar-refractivity contribution >= 4 is 0 Å². The molecule has 3 aliphatic carbocycles. The van der Waals surface area contributed by atoms with Gasteiger partial charge in [-0.15, -0.1) is 0 Å². The van der Waals surface area contributed by atoms with Crippen LogP contribution in [0.3, 0.4) is 0 Å². The van der Waals surface area contributed by atoms with Gasteiger partial charge in [0.05, 0.1) is 23.8 Å². The highest BCUT2D eigenvalue weighted by Gasteiger charge is 2.61. The SMILES string of the molecule is CC(C)CC1CCC2(C1)CC(CC1CCC(N)[NH2+]C1)CC(C13CCC(C([NH3+])C1)C(C)(C)O3)C2. The number of hydrogen-bond donors (Lipinski definition) is 3. The summed E-state index contributed by atoms with van der Waals surface area (Å²) in [7, 11) is 0. The van der Waals surface area contributed by atoms with Gasteiger partial charge in [-0.25, -0.2) is 0 Å².